The van der Waals surface area contributed by atoms with Crippen LogP contribution in [0, 0.1) is 12.8 Å². The lowest BCUT2D eigenvalue weighted by atomic mass is 9.61. The molecule has 146 valence electrons. The van der Waals surface area contributed by atoms with E-state index < -0.39 is 11.1 Å². The van der Waals surface area contributed by atoms with Gasteiger partial charge in [0.15, 0.2) is 11.5 Å². The Morgan fingerprint density at radius 2 is 1.78 bits per heavy atom. The van der Waals surface area contributed by atoms with E-state index >= 15 is 0 Å². The van der Waals surface area contributed by atoms with Crippen LogP contribution in [0.1, 0.15) is 49.3 Å². The van der Waals surface area contributed by atoms with Crippen LogP contribution in [0.25, 0.3) is 0 Å². The van der Waals surface area contributed by atoms with Crippen LogP contribution in [0.3, 0.4) is 0 Å². The highest BCUT2D eigenvalue weighted by molar-refractivity contribution is 5.45. The summed E-state index contributed by atoms with van der Waals surface area (Å²) in [6.45, 7) is 4.13. The van der Waals surface area contributed by atoms with Crippen molar-refractivity contribution in [2.24, 2.45) is 11.7 Å². The molecule has 1 fully saturated rings. The smallest absolute Gasteiger partial charge is 0.161 e. The molecule has 0 radical (unpaired) electrons. The summed E-state index contributed by atoms with van der Waals surface area (Å²) in [5, 5.41) is 11.9. The van der Waals surface area contributed by atoms with Crippen molar-refractivity contribution in [1.82, 2.24) is 0 Å². The van der Waals surface area contributed by atoms with E-state index in [0.717, 1.165) is 36.0 Å². The summed E-state index contributed by atoms with van der Waals surface area (Å²) >= 11 is 0. The predicted octanol–water partition coefficient (Wildman–Crippen LogP) is 4.26. The highest BCUT2D eigenvalue weighted by Crippen LogP contribution is 2.50. The molecule has 2 aromatic carbocycles. The van der Waals surface area contributed by atoms with Crippen LogP contribution in [-0.2, 0) is 11.1 Å². The first-order valence-electron chi connectivity index (χ1n) is 9.64. The third kappa shape index (κ3) is 3.44. The van der Waals surface area contributed by atoms with Gasteiger partial charge in [0.2, 0.25) is 0 Å². The highest BCUT2D eigenvalue weighted by atomic mass is 16.5. The maximum absolute atomic E-state index is 11.9. The lowest BCUT2D eigenvalue weighted by molar-refractivity contribution is -0.0837. The number of methoxy groups -OCH3 is 2. The van der Waals surface area contributed by atoms with Gasteiger partial charge in [-0.1, -0.05) is 43.2 Å². The van der Waals surface area contributed by atoms with E-state index in [4.69, 9.17) is 15.2 Å². The van der Waals surface area contributed by atoms with Gasteiger partial charge in [-0.2, -0.15) is 0 Å². The molecule has 0 bridgehead atoms. The first kappa shape index (κ1) is 19.7. The Balaban J connectivity index is 2.08. The third-order valence-electron chi connectivity index (χ3n) is 6.21. The average molecular weight is 370 g/mol. The average Bonchev–Trinajstić information content (AvgIpc) is 2.67. The molecule has 0 amide bonds. The Morgan fingerprint density at radius 1 is 1.07 bits per heavy atom. The van der Waals surface area contributed by atoms with Crippen molar-refractivity contribution in [3.8, 4) is 11.5 Å². The molecule has 3 atom stereocenters. The minimum atomic E-state index is -1.01. The molecular weight excluding hydrogens is 338 g/mol. The van der Waals surface area contributed by atoms with Gasteiger partial charge < -0.3 is 20.3 Å². The molecule has 2 aromatic rings. The van der Waals surface area contributed by atoms with Crippen molar-refractivity contribution in [2.75, 3.05) is 14.2 Å². The zero-order valence-corrected chi connectivity index (χ0v) is 16.8. The summed E-state index contributed by atoms with van der Waals surface area (Å²) in [4.78, 5) is 0. The maximum atomic E-state index is 11.9. The van der Waals surface area contributed by atoms with Crippen molar-refractivity contribution < 1.29 is 14.6 Å². The maximum Gasteiger partial charge on any atom is 0.161 e. The van der Waals surface area contributed by atoms with Gasteiger partial charge in [-0.15, -0.1) is 0 Å². The highest BCUT2D eigenvalue weighted by Gasteiger charge is 2.49. The molecule has 3 rings (SSSR count). The van der Waals surface area contributed by atoms with Crippen LogP contribution < -0.4 is 15.2 Å². The normalized spacial score (nSPS) is 24.9. The zero-order valence-electron chi connectivity index (χ0n) is 16.8. The van der Waals surface area contributed by atoms with Crippen LogP contribution in [-0.4, -0.2) is 19.3 Å². The monoisotopic (exact) mass is 369 g/mol. The lowest BCUT2D eigenvalue weighted by Crippen LogP contribution is -2.53. The van der Waals surface area contributed by atoms with Crippen molar-refractivity contribution in [2.45, 2.75) is 50.7 Å². The van der Waals surface area contributed by atoms with Crippen molar-refractivity contribution in [3.05, 3.63) is 59.2 Å². The number of aryl methyl sites for hydroxylation is 1. The van der Waals surface area contributed by atoms with Gasteiger partial charge in [-0.05, 0) is 55.5 Å². The van der Waals surface area contributed by atoms with Crippen LogP contribution >= 0.6 is 0 Å². The van der Waals surface area contributed by atoms with Crippen LogP contribution in [0.2, 0.25) is 0 Å². The second-order valence-electron chi connectivity index (χ2n) is 7.89. The fraction of sp³-hybridized carbons (Fsp3) is 0.478. The Labute approximate surface area is 162 Å². The Morgan fingerprint density at radius 3 is 2.44 bits per heavy atom. The van der Waals surface area contributed by atoms with Gasteiger partial charge in [-0.25, -0.2) is 0 Å². The van der Waals surface area contributed by atoms with Crippen molar-refractivity contribution in [1.29, 1.82) is 0 Å². The predicted molar refractivity (Wildman–Crippen MR) is 108 cm³/mol. The van der Waals surface area contributed by atoms with Gasteiger partial charge in [0.05, 0.1) is 19.8 Å². The molecular formula is C23H31NO3. The summed E-state index contributed by atoms with van der Waals surface area (Å²) in [6, 6.07) is 13.9. The Hall–Kier alpha value is -2.04. The van der Waals surface area contributed by atoms with Gasteiger partial charge in [0, 0.05) is 11.5 Å². The molecule has 4 heteroatoms. The number of aliphatic hydroxyl groups is 1. The number of rotatable bonds is 5. The minimum absolute atomic E-state index is 0.0991. The van der Waals surface area contributed by atoms with E-state index in [1.807, 2.05) is 30.3 Å². The lowest BCUT2D eigenvalue weighted by Gasteiger charge is -2.49. The first-order valence-corrected chi connectivity index (χ1v) is 9.64. The molecule has 1 aliphatic rings. The molecule has 1 aliphatic carbocycles. The Kier molecular flexibility index (Phi) is 5.50. The molecule has 0 aliphatic heterocycles. The Bertz CT molecular complexity index is 802. The summed E-state index contributed by atoms with van der Waals surface area (Å²) in [5.74, 6) is 1.19. The summed E-state index contributed by atoms with van der Waals surface area (Å²) < 4.78 is 10.8. The first-order chi connectivity index (χ1) is 12.8. The number of ether oxygens (including phenoxy) is 2. The summed E-state index contributed by atoms with van der Waals surface area (Å²) in [6.07, 6.45) is 3.61. The topological polar surface area (TPSA) is 64.7 Å². The van der Waals surface area contributed by atoms with Crippen LogP contribution in [0.4, 0.5) is 0 Å². The van der Waals surface area contributed by atoms with Gasteiger partial charge in [-0.3, -0.25) is 0 Å². The standard InChI is InChI=1S/C23H31NO3/c1-16-9-5-6-10-18(16)22(2,24)21-11-7-8-14-23(21,25)17-12-13-19(26-3)20(15-17)27-4/h5-6,9-10,12-13,15,21,25H,7-8,11,14,24H2,1-4H3. The van der Waals surface area contributed by atoms with Gasteiger partial charge in [0.1, 0.15) is 0 Å². The molecule has 4 nitrogen and oxygen atoms in total. The largest absolute Gasteiger partial charge is 0.493 e. The van der Waals surface area contributed by atoms with E-state index in [-0.39, 0.29) is 5.92 Å². The van der Waals surface area contributed by atoms with Gasteiger partial charge >= 0.3 is 0 Å². The molecule has 27 heavy (non-hydrogen) atoms. The molecule has 3 unspecified atom stereocenters. The van der Waals surface area contributed by atoms with E-state index in [2.05, 4.69) is 26.0 Å². The SMILES string of the molecule is COc1ccc(C2(O)CCCCC2C(C)(N)c2ccccc2C)cc1OC. The summed E-state index contributed by atoms with van der Waals surface area (Å²) in [7, 11) is 3.23. The number of hydrogen-bond acceptors (Lipinski definition) is 4. The molecule has 0 saturated heterocycles. The number of benzene rings is 2. The molecule has 3 N–H and O–H groups in total. The fourth-order valence-electron chi connectivity index (χ4n) is 4.77. The van der Waals surface area contributed by atoms with Crippen LogP contribution in [0.5, 0.6) is 11.5 Å². The number of nitrogens with two attached hydrogens (primary N) is 1. The van der Waals surface area contributed by atoms with E-state index in [9.17, 15) is 5.11 Å². The van der Waals surface area contributed by atoms with Crippen LogP contribution in [0.15, 0.2) is 42.5 Å². The minimum Gasteiger partial charge on any atom is -0.493 e. The van der Waals surface area contributed by atoms with E-state index in [0.29, 0.717) is 17.9 Å². The molecule has 1 saturated carbocycles. The zero-order chi connectivity index (χ0) is 19.7. The second-order valence-corrected chi connectivity index (χ2v) is 7.89. The van der Waals surface area contributed by atoms with Gasteiger partial charge in [0.25, 0.3) is 0 Å². The van der Waals surface area contributed by atoms with Crippen molar-refractivity contribution in [3.63, 3.8) is 0 Å². The fourth-order valence-corrected chi connectivity index (χ4v) is 4.77. The quantitative estimate of drug-likeness (QED) is 0.826. The second kappa shape index (κ2) is 7.53. The van der Waals surface area contributed by atoms with E-state index in [1.54, 1.807) is 14.2 Å². The molecule has 0 heterocycles. The van der Waals surface area contributed by atoms with E-state index in [1.165, 1.54) is 0 Å². The molecule has 0 aromatic heterocycles. The molecule has 0 spiro atoms. The third-order valence-corrected chi connectivity index (χ3v) is 6.21. The van der Waals surface area contributed by atoms with Crippen molar-refractivity contribution >= 4 is 0 Å². The summed E-state index contributed by atoms with van der Waals surface area (Å²) in [5.41, 5.74) is 8.37. The number of hydrogen-bond donors (Lipinski definition) is 2.